The van der Waals surface area contributed by atoms with E-state index in [9.17, 15) is 19.2 Å². The lowest BCUT2D eigenvalue weighted by Gasteiger charge is -2.42. The largest absolute Gasteiger partial charge is 0.468 e. The minimum Gasteiger partial charge on any atom is -0.468 e. The first-order valence-electron chi connectivity index (χ1n) is 13.8. The molecule has 1 saturated heterocycles. The number of ether oxygens (including phenoxy) is 1. The quantitative estimate of drug-likeness (QED) is 0.131. The average Bonchev–Trinajstić information content (AvgIpc) is 3.53. The van der Waals surface area contributed by atoms with Crippen molar-refractivity contribution in [1.29, 1.82) is 0 Å². The topological polar surface area (TPSA) is 87.2 Å². The zero-order chi connectivity index (χ0) is 31.8. The number of carbonyl (C=O) groups is 4. The van der Waals surface area contributed by atoms with Gasteiger partial charge in [-0.05, 0) is 53.3 Å². The molecule has 234 valence electrons. The van der Waals surface area contributed by atoms with Crippen molar-refractivity contribution in [1.82, 2.24) is 14.7 Å². The van der Waals surface area contributed by atoms with Crippen molar-refractivity contribution in [3.63, 3.8) is 0 Å². The Balaban J connectivity index is 1.57. The monoisotopic (exact) mass is 697 g/mol. The van der Waals surface area contributed by atoms with Gasteiger partial charge in [0.05, 0.1) is 13.5 Å². The van der Waals surface area contributed by atoms with Gasteiger partial charge in [-0.25, -0.2) is 0 Å². The first kappa shape index (κ1) is 34.1. The van der Waals surface area contributed by atoms with Gasteiger partial charge in [0, 0.05) is 34.3 Å². The SMILES string of the molecule is COC(=O)CN(C(=O)CC1C(=O)N(C(Cl)Cc2ccc(Cl)cc2)CC(=O)N1CCc1cccs1)C(Cl)Cc1ccc(Cl)cc1. The van der Waals surface area contributed by atoms with E-state index in [0.29, 0.717) is 16.5 Å². The maximum Gasteiger partial charge on any atom is 0.325 e. The maximum absolute atomic E-state index is 14.0. The Hall–Kier alpha value is -2.82. The van der Waals surface area contributed by atoms with Crippen LogP contribution in [0, 0.1) is 0 Å². The van der Waals surface area contributed by atoms with Crippen LogP contribution >= 0.6 is 57.7 Å². The van der Waals surface area contributed by atoms with Crippen LogP contribution in [0.15, 0.2) is 66.0 Å². The summed E-state index contributed by atoms with van der Waals surface area (Å²) in [6.07, 6.45) is 0.596. The van der Waals surface area contributed by atoms with E-state index in [0.717, 1.165) is 16.0 Å². The van der Waals surface area contributed by atoms with Crippen molar-refractivity contribution in [3.8, 4) is 0 Å². The number of esters is 1. The highest BCUT2D eigenvalue weighted by molar-refractivity contribution is 7.09. The molecule has 0 saturated carbocycles. The first-order chi connectivity index (χ1) is 21.0. The summed E-state index contributed by atoms with van der Waals surface area (Å²) in [4.78, 5) is 58.6. The van der Waals surface area contributed by atoms with E-state index in [-0.39, 0.29) is 31.8 Å². The summed E-state index contributed by atoms with van der Waals surface area (Å²) in [6.45, 7) is -0.428. The zero-order valence-corrected chi connectivity index (χ0v) is 27.7. The van der Waals surface area contributed by atoms with E-state index < -0.39 is 47.8 Å². The molecule has 3 unspecified atom stereocenters. The van der Waals surface area contributed by atoms with E-state index in [1.165, 1.54) is 21.8 Å². The van der Waals surface area contributed by atoms with Gasteiger partial charge in [0.1, 0.15) is 30.1 Å². The lowest BCUT2D eigenvalue weighted by Crippen LogP contribution is -2.63. The fourth-order valence-corrected chi connectivity index (χ4v) is 6.54. The number of benzene rings is 2. The first-order valence-corrected chi connectivity index (χ1v) is 16.3. The van der Waals surface area contributed by atoms with Gasteiger partial charge >= 0.3 is 5.97 Å². The Labute approximate surface area is 280 Å². The van der Waals surface area contributed by atoms with Gasteiger partial charge in [-0.2, -0.15) is 0 Å². The van der Waals surface area contributed by atoms with E-state index in [2.05, 4.69) is 0 Å². The molecule has 1 fully saturated rings. The molecule has 0 aliphatic carbocycles. The molecule has 1 aliphatic rings. The number of rotatable bonds is 13. The molecule has 0 spiro atoms. The summed E-state index contributed by atoms with van der Waals surface area (Å²) in [5.41, 5.74) is -0.171. The van der Waals surface area contributed by atoms with Crippen LogP contribution in [0.25, 0.3) is 0 Å². The molecule has 1 aliphatic heterocycles. The van der Waals surface area contributed by atoms with E-state index >= 15 is 0 Å². The summed E-state index contributed by atoms with van der Waals surface area (Å²) >= 11 is 27.0. The van der Waals surface area contributed by atoms with Crippen molar-refractivity contribution in [2.45, 2.75) is 42.7 Å². The predicted molar refractivity (Wildman–Crippen MR) is 173 cm³/mol. The Morgan fingerprint density at radius 2 is 1.59 bits per heavy atom. The molecule has 1 aromatic heterocycles. The van der Waals surface area contributed by atoms with Crippen molar-refractivity contribution in [2.75, 3.05) is 26.7 Å². The second-order valence-electron chi connectivity index (χ2n) is 10.2. The van der Waals surface area contributed by atoms with Crippen LogP contribution in [0.3, 0.4) is 0 Å². The van der Waals surface area contributed by atoms with Crippen LogP contribution in [-0.2, 0) is 43.2 Å². The van der Waals surface area contributed by atoms with Gasteiger partial charge in [0.15, 0.2) is 0 Å². The normalized spacial score (nSPS) is 16.5. The van der Waals surface area contributed by atoms with Crippen LogP contribution in [0.1, 0.15) is 22.4 Å². The lowest BCUT2D eigenvalue weighted by molar-refractivity contribution is -0.159. The number of hydrogen-bond acceptors (Lipinski definition) is 6. The molecule has 0 bridgehead atoms. The second-order valence-corrected chi connectivity index (χ2v) is 13.1. The number of piperazine rings is 1. The molecule has 2 aromatic carbocycles. The number of alkyl halides is 2. The van der Waals surface area contributed by atoms with E-state index in [1.54, 1.807) is 59.9 Å². The van der Waals surface area contributed by atoms with E-state index in [4.69, 9.17) is 51.1 Å². The highest BCUT2D eigenvalue weighted by Crippen LogP contribution is 2.25. The minimum absolute atomic E-state index is 0.206. The number of amides is 3. The zero-order valence-electron chi connectivity index (χ0n) is 23.8. The maximum atomic E-state index is 14.0. The molecule has 2 heterocycles. The lowest BCUT2D eigenvalue weighted by atomic mass is 10.0. The average molecular weight is 699 g/mol. The molecular weight excluding hydrogens is 668 g/mol. The van der Waals surface area contributed by atoms with Crippen LogP contribution in [0.5, 0.6) is 0 Å². The fourth-order valence-electron chi connectivity index (χ4n) is 4.89. The highest BCUT2D eigenvalue weighted by atomic mass is 35.5. The standard InChI is InChI=1S/C31H31Cl4N3O5S/c1-43-30(41)19-37(26(34)15-20-4-8-22(32)9-5-20)28(39)17-25-31(42)38(27(35)16-21-6-10-23(33)11-7-21)18-29(40)36(25)13-12-24-3-2-14-44-24/h2-11,14,25-27H,12-13,15-19H2,1H3. The third-order valence-corrected chi connectivity index (χ3v) is 9.50. The van der Waals surface area contributed by atoms with Crippen LogP contribution in [0.2, 0.25) is 10.0 Å². The molecule has 8 nitrogen and oxygen atoms in total. The van der Waals surface area contributed by atoms with Crippen molar-refractivity contribution in [3.05, 3.63) is 92.1 Å². The molecular formula is C31H31Cl4N3O5S. The van der Waals surface area contributed by atoms with Gasteiger partial charge in [-0.3, -0.25) is 19.2 Å². The van der Waals surface area contributed by atoms with E-state index in [1.807, 2.05) is 17.5 Å². The molecule has 13 heteroatoms. The molecule has 4 rings (SSSR count). The predicted octanol–water partition coefficient (Wildman–Crippen LogP) is 5.64. The molecule has 3 aromatic rings. The van der Waals surface area contributed by atoms with Crippen LogP contribution in [-0.4, -0.2) is 82.2 Å². The molecule has 44 heavy (non-hydrogen) atoms. The third-order valence-electron chi connectivity index (χ3n) is 7.28. The third kappa shape index (κ3) is 9.11. The van der Waals surface area contributed by atoms with Crippen molar-refractivity contribution in [2.24, 2.45) is 0 Å². The number of methoxy groups -OCH3 is 1. The summed E-state index contributed by atoms with van der Waals surface area (Å²) in [5.74, 6) is -2.04. The molecule has 3 amide bonds. The second kappa shape index (κ2) is 16.0. The van der Waals surface area contributed by atoms with Crippen LogP contribution < -0.4 is 0 Å². The molecule has 0 radical (unpaired) electrons. The summed E-state index contributed by atoms with van der Waals surface area (Å²) in [5, 5.41) is 3.04. The number of hydrogen-bond donors (Lipinski definition) is 0. The van der Waals surface area contributed by atoms with Gasteiger partial charge in [0.25, 0.3) is 0 Å². The highest BCUT2D eigenvalue weighted by Gasteiger charge is 2.43. The van der Waals surface area contributed by atoms with Gasteiger partial charge in [0.2, 0.25) is 17.7 Å². The fraction of sp³-hybridized carbons (Fsp3) is 0.355. The van der Waals surface area contributed by atoms with Gasteiger partial charge in [-0.15, -0.1) is 11.3 Å². The van der Waals surface area contributed by atoms with Crippen molar-refractivity contribution >= 4 is 81.4 Å². The van der Waals surface area contributed by atoms with Crippen molar-refractivity contribution < 1.29 is 23.9 Å². The van der Waals surface area contributed by atoms with Crippen LogP contribution in [0.4, 0.5) is 0 Å². The Bertz CT molecular complexity index is 1440. The number of halogens is 4. The molecule has 0 N–H and O–H groups in total. The number of thiophene rings is 1. The summed E-state index contributed by atoms with van der Waals surface area (Å²) in [7, 11) is 1.21. The summed E-state index contributed by atoms with van der Waals surface area (Å²) < 4.78 is 4.82. The number of carbonyl (C=O) groups excluding carboxylic acids is 4. The smallest absolute Gasteiger partial charge is 0.325 e. The molecule has 3 atom stereocenters. The Morgan fingerprint density at radius 3 is 2.16 bits per heavy atom. The number of nitrogens with zero attached hydrogens (tertiary/aromatic N) is 3. The summed E-state index contributed by atoms with van der Waals surface area (Å²) in [6, 6.07) is 16.7. The Morgan fingerprint density at radius 1 is 0.977 bits per heavy atom. The minimum atomic E-state index is -1.14. The Kier molecular flexibility index (Phi) is 12.3. The van der Waals surface area contributed by atoms with Gasteiger partial charge in [-0.1, -0.05) is 76.7 Å². The van der Waals surface area contributed by atoms with Gasteiger partial charge < -0.3 is 19.4 Å².